The van der Waals surface area contributed by atoms with E-state index in [1.807, 2.05) is 13.8 Å². The molecule has 11 heteroatoms. The van der Waals surface area contributed by atoms with Crippen LogP contribution in [0.1, 0.15) is 61.8 Å². The predicted octanol–water partition coefficient (Wildman–Crippen LogP) is 1.75. The Morgan fingerprint density at radius 1 is 1.08 bits per heavy atom. The maximum absolute atomic E-state index is 13.5. The lowest BCUT2D eigenvalue weighted by Crippen LogP contribution is -2.46. The topological polar surface area (TPSA) is 116 Å². The van der Waals surface area contributed by atoms with Crippen LogP contribution in [-0.2, 0) is 4.74 Å². The van der Waals surface area contributed by atoms with Crippen molar-refractivity contribution in [3.63, 3.8) is 0 Å². The zero-order valence-corrected chi connectivity index (χ0v) is 21.1. The van der Waals surface area contributed by atoms with Crippen molar-refractivity contribution in [1.82, 2.24) is 25.3 Å². The van der Waals surface area contributed by atoms with E-state index in [1.54, 1.807) is 6.08 Å². The molecule has 2 unspecified atom stereocenters. The molecule has 3 aromatic rings. The largest absolute Gasteiger partial charge is 0.378 e. The molecule has 1 aliphatic heterocycles. The summed E-state index contributed by atoms with van der Waals surface area (Å²) in [7, 11) is 0. The molecule has 1 saturated heterocycles. The third-order valence-corrected chi connectivity index (χ3v) is 6.11. The smallest absolute Gasteiger partial charge is 0.272 e. The van der Waals surface area contributed by atoms with Crippen LogP contribution in [0, 0.1) is 11.6 Å². The minimum Gasteiger partial charge on any atom is -0.378 e. The van der Waals surface area contributed by atoms with Gasteiger partial charge in [0.2, 0.25) is 0 Å². The molecule has 4 N–H and O–H groups in total. The van der Waals surface area contributed by atoms with Gasteiger partial charge in [0.1, 0.15) is 16.5 Å². The van der Waals surface area contributed by atoms with Crippen molar-refractivity contribution in [3.8, 4) is 0 Å². The molecule has 0 amide bonds. The first-order valence-electron chi connectivity index (χ1n) is 11.7. The first kappa shape index (κ1) is 27.5. The zero-order chi connectivity index (χ0) is 25.1. The highest BCUT2D eigenvalue weighted by atomic mass is 35.5. The molecule has 0 bridgehead atoms. The van der Waals surface area contributed by atoms with Crippen molar-refractivity contribution < 1.29 is 13.5 Å². The second-order valence-electron chi connectivity index (χ2n) is 8.92. The van der Waals surface area contributed by atoms with Crippen LogP contribution >= 0.6 is 12.4 Å². The number of benzene rings is 1. The molecule has 8 nitrogen and oxygen atoms in total. The number of hydrogen-bond donors (Lipinski definition) is 4. The minimum atomic E-state index is -1.04. The van der Waals surface area contributed by atoms with Crippen molar-refractivity contribution in [2.45, 2.75) is 45.1 Å². The van der Waals surface area contributed by atoms with Crippen molar-refractivity contribution in [3.05, 3.63) is 84.0 Å². The molecule has 3 heterocycles. The third-order valence-electron chi connectivity index (χ3n) is 6.11. The van der Waals surface area contributed by atoms with Gasteiger partial charge in [-0.15, -0.1) is 12.4 Å². The van der Waals surface area contributed by atoms with E-state index in [4.69, 9.17) is 9.72 Å². The molecule has 0 saturated carbocycles. The Bertz CT molecular complexity index is 1440. The first-order valence-corrected chi connectivity index (χ1v) is 11.7. The van der Waals surface area contributed by atoms with Gasteiger partial charge in [0.25, 0.3) is 11.1 Å². The molecule has 36 heavy (non-hydrogen) atoms. The second-order valence-corrected chi connectivity index (χ2v) is 8.92. The summed E-state index contributed by atoms with van der Waals surface area (Å²) in [4.78, 5) is 38.7. The number of aromatic nitrogens is 4. The van der Waals surface area contributed by atoms with Gasteiger partial charge >= 0.3 is 0 Å². The van der Waals surface area contributed by atoms with E-state index in [0.717, 1.165) is 36.6 Å². The highest BCUT2D eigenvalue weighted by Crippen LogP contribution is 2.26. The van der Waals surface area contributed by atoms with Crippen LogP contribution in [0.15, 0.2) is 27.8 Å². The van der Waals surface area contributed by atoms with Crippen LogP contribution < -0.4 is 27.1 Å². The fourth-order valence-corrected chi connectivity index (χ4v) is 4.26. The van der Waals surface area contributed by atoms with E-state index < -0.39 is 22.8 Å². The Morgan fingerprint density at radius 3 is 2.36 bits per heavy atom. The number of hydrogen-bond acceptors (Lipinski definition) is 5. The number of H-pyrrole nitrogens is 3. The van der Waals surface area contributed by atoms with Gasteiger partial charge in [-0.25, -0.2) is 13.8 Å². The molecular formula is C25H30ClF2N5O3. The number of imidazole rings is 1. The maximum atomic E-state index is 13.5. The fourth-order valence-electron chi connectivity index (χ4n) is 4.26. The van der Waals surface area contributed by atoms with Gasteiger partial charge in [0.05, 0.1) is 18.9 Å². The average Bonchev–Trinajstić information content (AvgIpc) is 3.24. The Labute approximate surface area is 212 Å². The SMILES string of the molecule is CCC(c1nc(/C=c2\[nH]c(=O)/c(=C/c3ccc(F)c(F)c3)[nH]c2=O)c(C(C)C)[nH]1)C1COCCN1.Cl. The van der Waals surface area contributed by atoms with Gasteiger partial charge < -0.3 is 25.0 Å². The van der Waals surface area contributed by atoms with Crippen LogP contribution in [0.3, 0.4) is 0 Å². The number of nitrogens with zero attached hydrogens (tertiary/aromatic N) is 1. The Morgan fingerprint density at radius 2 is 1.78 bits per heavy atom. The third kappa shape index (κ3) is 6.00. The summed E-state index contributed by atoms with van der Waals surface area (Å²) in [5.41, 5.74) is 0.563. The molecule has 4 rings (SSSR count). The molecule has 2 atom stereocenters. The van der Waals surface area contributed by atoms with Gasteiger partial charge in [-0.2, -0.15) is 0 Å². The van der Waals surface area contributed by atoms with E-state index in [2.05, 4.69) is 27.2 Å². The Hall–Kier alpha value is -3.08. The normalized spacial score (nSPS) is 17.9. The van der Waals surface area contributed by atoms with Crippen molar-refractivity contribution in [2.75, 3.05) is 19.8 Å². The Balaban J connectivity index is 0.00000361. The lowest BCUT2D eigenvalue weighted by molar-refractivity contribution is 0.0664. The van der Waals surface area contributed by atoms with Crippen LogP contribution in [0.2, 0.25) is 0 Å². The summed E-state index contributed by atoms with van der Waals surface area (Å²) in [6.07, 6.45) is 3.68. The fraction of sp³-hybridized carbons (Fsp3) is 0.400. The summed E-state index contributed by atoms with van der Waals surface area (Å²) in [5, 5.41) is 3.46. The van der Waals surface area contributed by atoms with Crippen LogP contribution in [0.4, 0.5) is 8.78 Å². The second kappa shape index (κ2) is 11.8. The summed E-state index contributed by atoms with van der Waals surface area (Å²) in [6, 6.07) is 3.34. The van der Waals surface area contributed by atoms with Gasteiger partial charge in [0, 0.05) is 24.2 Å². The molecule has 1 aromatic carbocycles. The van der Waals surface area contributed by atoms with E-state index in [9.17, 15) is 18.4 Å². The van der Waals surface area contributed by atoms with Crippen molar-refractivity contribution in [1.29, 1.82) is 0 Å². The Kier molecular flexibility index (Phi) is 8.99. The van der Waals surface area contributed by atoms with Crippen molar-refractivity contribution in [2.24, 2.45) is 0 Å². The average molecular weight is 522 g/mol. The summed E-state index contributed by atoms with van der Waals surface area (Å²) < 4.78 is 32.3. The summed E-state index contributed by atoms with van der Waals surface area (Å²) in [6.45, 7) is 8.18. The first-order chi connectivity index (χ1) is 16.8. The van der Waals surface area contributed by atoms with E-state index >= 15 is 0 Å². The lowest BCUT2D eigenvalue weighted by Gasteiger charge is -2.29. The van der Waals surface area contributed by atoms with Crippen molar-refractivity contribution >= 4 is 24.6 Å². The van der Waals surface area contributed by atoms with E-state index in [-0.39, 0.29) is 46.5 Å². The van der Waals surface area contributed by atoms with Crippen LogP contribution in [0.5, 0.6) is 0 Å². The molecule has 1 fully saturated rings. The van der Waals surface area contributed by atoms with Crippen LogP contribution in [-0.4, -0.2) is 45.7 Å². The van der Waals surface area contributed by atoms with Gasteiger partial charge in [-0.3, -0.25) is 9.59 Å². The molecule has 2 aromatic heterocycles. The molecule has 194 valence electrons. The van der Waals surface area contributed by atoms with E-state index in [1.165, 1.54) is 12.1 Å². The number of morpholine rings is 1. The predicted molar refractivity (Wildman–Crippen MR) is 136 cm³/mol. The number of aromatic amines is 3. The summed E-state index contributed by atoms with van der Waals surface area (Å²) >= 11 is 0. The summed E-state index contributed by atoms with van der Waals surface area (Å²) in [5.74, 6) is -1.04. The van der Waals surface area contributed by atoms with E-state index in [0.29, 0.717) is 18.9 Å². The number of halogens is 3. The standard InChI is InChI=1S/C25H29F2N5O3.ClH/c1-4-15(21-12-35-8-7-28-21)23-29-18(22(32-23)13(2)3)11-20-25(34)30-19(24(33)31-20)10-14-5-6-16(26)17(27)9-14;/h5-6,9-11,13,15,21,28H,4,7-8,12H2,1-3H3,(H,29,32)(H,30,34)(H,31,33);1H/b19-10-,20-11-;. The number of rotatable bonds is 6. The highest BCUT2D eigenvalue weighted by Gasteiger charge is 2.27. The molecule has 0 aliphatic carbocycles. The molecule has 1 aliphatic rings. The van der Waals surface area contributed by atoms with Gasteiger partial charge in [-0.05, 0) is 42.2 Å². The van der Waals surface area contributed by atoms with Gasteiger partial charge in [0.15, 0.2) is 11.6 Å². The quantitative estimate of drug-likeness (QED) is 0.394. The number of ether oxygens (including phenoxy) is 1. The lowest BCUT2D eigenvalue weighted by atomic mass is 9.96. The molecule has 0 spiro atoms. The molecular weight excluding hydrogens is 492 g/mol. The zero-order valence-electron chi connectivity index (χ0n) is 20.3. The van der Waals surface area contributed by atoms with Gasteiger partial charge in [-0.1, -0.05) is 26.8 Å². The molecule has 0 radical (unpaired) electrons. The monoisotopic (exact) mass is 521 g/mol. The highest BCUT2D eigenvalue weighted by molar-refractivity contribution is 5.85. The van der Waals surface area contributed by atoms with Crippen LogP contribution in [0.25, 0.3) is 12.2 Å². The number of nitrogens with one attached hydrogen (secondary N) is 4. The minimum absolute atomic E-state index is 0. The maximum Gasteiger partial charge on any atom is 0.272 e.